The van der Waals surface area contributed by atoms with Gasteiger partial charge in [-0.05, 0) is 19.1 Å². The zero-order chi connectivity index (χ0) is 12.3. The van der Waals surface area contributed by atoms with Gasteiger partial charge >= 0.3 is 5.97 Å². The molecular weight excluding hydrogens is 220 g/mol. The molecule has 0 radical (unpaired) electrons. The average molecular weight is 234 g/mol. The zero-order valence-electron chi connectivity index (χ0n) is 9.56. The van der Waals surface area contributed by atoms with E-state index in [1.807, 2.05) is 13.0 Å². The summed E-state index contributed by atoms with van der Waals surface area (Å²) in [7, 11) is 0. The highest BCUT2D eigenvalue weighted by Gasteiger charge is 2.11. The molecule has 2 aromatic rings. The maximum Gasteiger partial charge on any atom is 0.337 e. The van der Waals surface area contributed by atoms with Gasteiger partial charge in [-0.15, -0.1) is 0 Å². The Bertz CT molecular complexity index is 534. The number of benzene rings is 1. The van der Waals surface area contributed by atoms with Gasteiger partial charge in [0.1, 0.15) is 11.3 Å². The van der Waals surface area contributed by atoms with Crippen molar-refractivity contribution in [3.05, 3.63) is 29.6 Å². The van der Waals surface area contributed by atoms with Gasteiger partial charge in [-0.2, -0.15) is 0 Å². The first-order chi connectivity index (χ1) is 8.22. The molecule has 1 aromatic heterocycles. The minimum absolute atomic E-state index is 0.224. The molecule has 0 aliphatic rings. The number of nitrogens with zero attached hydrogens (tertiary/aromatic N) is 1. The Balaban J connectivity index is 2.30. The number of carboxylic acids is 1. The van der Waals surface area contributed by atoms with Crippen LogP contribution in [0.5, 0.6) is 0 Å². The standard InChI is InChI=1S/C12H14N2O3/c1-2-17-7-6-10-13-9-5-3-4-8(12(15)16)11(9)14-10/h3-5H,2,6-7H2,1H3,(H,13,14)(H,15,16). The minimum Gasteiger partial charge on any atom is -0.478 e. The fraction of sp³-hybridized carbons (Fsp3) is 0.333. The van der Waals surface area contributed by atoms with E-state index in [1.54, 1.807) is 12.1 Å². The number of aromatic carboxylic acids is 1. The Hall–Kier alpha value is -1.88. The molecule has 1 heterocycles. The molecule has 0 aliphatic carbocycles. The molecule has 0 bridgehead atoms. The quantitative estimate of drug-likeness (QED) is 0.774. The molecule has 5 heteroatoms. The van der Waals surface area contributed by atoms with Crippen molar-refractivity contribution < 1.29 is 14.6 Å². The predicted octanol–water partition coefficient (Wildman–Crippen LogP) is 1.84. The number of hydrogen-bond acceptors (Lipinski definition) is 3. The largest absolute Gasteiger partial charge is 0.478 e. The summed E-state index contributed by atoms with van der Waals surface area (Å²) in [5, 5.41) is 9.03. The summed E-state index contributed by atoms with van der Waals surface area (Å²) in [6, 6.07) is 5.08. The van der Waals surface area contributed by atoms with Gasteiger partial charge in [-0.3, -0.25) is 0 Å². The molecule has 0 spiro atoms. The molecule has 0 atom stereocenters. The Morgan fingerprint density at radius 3 is 3.06 bits per heavy atom. The molecule has 17 heavy (non-hydrogen) atoms. The number of nitrogens with one attached hydrogen (secondary N) is 1. The minimum atomic E-state index is -0.960. The second-order valence-electron chi connectivity index (χ2n) is 3.64. The van der Waals surface area contributed by atoms with E-state index in [0.717, 1.165) is 11.3 Å². The highest BCUT2D eigenvalue weighted by atomic mass is 16.5. The number of aromatic nitrogens is 2. The number of carboxylic acid groups (broad SMARTS) is 1. The van der Waals surface area contributed by atoms with E-state index >= 15 is 0 Å². The first kappa shape index (κ1) is 11.6. The number of hydrogen-bond donors (Lipinski definition) is 2. The Kier molecular flexibility index (Phi) is 3.39. The predicted molar refractivity (Wildman–Crippen MR) is 63.3 cm³/mol. The molecule has 2 N–H and O–H groups in total. The molecule has 1 aromatic carbocycles. The smallest absolute Gasteiger partial charge is 0.337 e. The fourth-order valence-corrected chi connectivity index (χ4v) is 1.69. The van der Waals surface area contributed by atoms with Crippen LogP contribution in [0.4, 0.5) is 0 Å². The van der Waals surface area contributed by atoms with E-state index < -0.39 is 5.97 Å². The monoisotopic (exact) mass is 234 g/mol. The highest BCUT2D eigenvalue weighted by Crippen LogP contribution is 2.16. The van der Waals surface area contributed by atoms with Gasteiger partial charge in [0.15, 0.2) is 0 Å². The van der Waals surface area contributed by atoms with Crippen molar-refractivity contribution in [1.29, 1.82) is 0 Å². The molecule has 0 unspecified atom stereocenters. The van der Waals surface area contributed by atoms with Gasteiger partial charge in [-0.25, -0.2) is 9.78 Å². The molecule has 0 aliphatic heterocycles. The lowest BCUT2D eigenvalue weighted by atomic mass is 10.2. The molecule has 0 fully saturated rings. The number of ether oxygens (including phenoxy) is 1. The van der Waals surface area contributed by atoms with E-state index in [4.69, 9.17) is 9.84 Å². The number of aromatic amines is 1. The van der Waals surface area contributed by atoms with E-state index in [2.05, 4.69) is 9.97 Å². The van der Waals surface area contributed by atoms with Gasteiger partial charge in [-0.1, -0.05) is 6.07 Å². The summed E-state index contributed by atoms with van der Waals surface area (Å²) in [5.41, 5.74) is 1.48. The van der Waals surface area contributed by atoms with Gasteiger partial charge in [0.25, 0.3) is 0 Å². The fourth-order valence-electron chi connectivity index (χ4n) is 1.69. The van der Waals surface area contributed by atoms with Crippen molar-refractivity contribution in [1.82, 2.24) is 9.97 Å². The van der Waals surface area contributed by atoms with Crippen LogP contribution in [-0.2, 0) is 11.2 Å². The van der Waals surface area contributed by atoms with Crippen LogP contribution in [0.15, 0.2) is 18.2 Å². The van der Waals surface area contributed by atoms with Crippen LogP contribution in [0.25, 0.3) is 11.0 Å². The van der Waals surface area contributed by atoms with Crippen LogP contribution >= 0.6 is 0 Å². The second kappa shape index (κ2) is 4.97. The van der Waals surface area contributed by atoms with E-state index in [-0.39, 0.29) is 5.56 Å². The summed E-state index contributed by atoms with van der Waals surface area (Å²) < 4.78 is 5.23. The van der Waals surface area contributed by atoms with Gasteiger partial charge in [0, 0.05) is 13.0 Å². The number of rotatable bonds is 5. The normalized spacial score (nSPS) is 10.9. The second-order valence-corrected chi connectivity index (χ2v) is 3.64. The Morgan fingerprint density at radius 1 is 1.53 bits per heavy atom. The first-order valence-electron chi connectivity index (χ1n) is 5.51. The van der Waals surface area contributed by atoms with Crippen LogP contribution in [0.3, 0.4) is 0 Å². The SMILES string of the molecule is CCOCCc1nc2c(C(=O)O)cccc2[nH]1. The van der Waals surface area contributed by atoms with Crippen LogP contribution < -0.4 is 0 Å². The van der Waals surface area contributed by atoms with Crippen LogP contribution in [0, 0.1) is 0 Å². The summed E-state index contributed by atoms with van der Waals surface area (Å²) in [4.78, 5) is 18.4. The number of imidazole rings is 1. The van der Waals surface area contributed by atoms with Crippen LogP contribution in [0.1, 0.15) is 23.1 Å². The van der Waals surface area contributed by atoms with Gasteiger partial charge in [0.05, 0.1) is 17.7 Å². The Labute approximate surface area is 98.4 Å². The molecule has 2 rings (SSSR count). The van der Waals surface area contributed by atoms with Gasteiger partial charge in [0.2, 0.25) is 0 Å². The lowest BCUT2D eigenvalue weighted by Crippen LogP contribution is -1.99. The average Bonchev–Trinajstić information content (AvgIpc) is 2.71. The molecule has 0 amide bonds. The summed E-state index contributed by atoms with van der Waals surface area (Å²) in [6.45, 7) is 3.18. The number of para-hydroxylation sites is 1. The number of H-pyrrole nitrogens is 1. The third-order valence-electron chi connectivity index (χ3n) is 2.48. The third-order valence-corrected chi connectivity index (χ3v) is 2.48. The first-order valence-corrected chi connectivity index (χ1v) is 5.51. The lowest BCUT2D eigenvalue weighted by molar-refractivity contribution is 0.0699. The summed E-state index contributed by atoms with van der Waals surface area (Å²) in [5.74, 6) is -0.208. The lowest BCUT2D eigenvalue weighted by Gasteiger charge is -1.96. The van der Waals surface area contributed by atoms with Crippen LogP contribution in [0.2, 0.25) is 0 Å². The molecular formula is C12H14N2O3. The molecule has 0 saturated carbocycles. The highest BCUT2D eigenvalue weighted by molar-refractivity contribution is 6.00. The van der Waals surface area contributed by atoms with Gasteiger partial charge < -0.3 is 14.8 Å². The zero-order valence-corrected chi connectivity index (χ0v) is 9.56. The van der Waals surface area contributed by atoms with E-state index in [0.29, 0.717) is 25.2 Å². The van der Waals surface area contributed by atoms with Crippen molar-refractivity contribution in [2.75, 3.05) is 13.2 Å². The molecule has 5 nitrogen and oxygen atoms in total. The number of fused-ring (bicyclic) bond motifs is 1. The van der Waals surface area contributed by atoms with Crippen molar-refractivity contribution in [3.8, 4) is 0 Å². The van der Waals surface area contributed by atoms with E-state index in [1.165, 1.54) is 0 Å². The third kappa shape index (κ3) is 2.45. The molecule has 0 saturated heterocycles. The van der Waals surface area contributed by atoms with Crippen molar-refractivity contribution in [2.45, 2.75) is 13.3 Å². The van der Waals surface area contributed by atoms with Crippen molar-refractivity contribution in [3.63, 3.8) is 0 Å². The maximum atomic E-state index is 11.0. The molecule has 90 valence electrons. The van der Waals surface area contributed by atoms with E-state index in [9.17, 15) is 4.79 Å². The maximum absolute atomic E-state index is 11.0. The van der Waals surface area contributed by atoms with Crippen molar-refractivity contribution >= 4 is 17.0 Å². The summed E-state index contributed by atoms with van der Waals surface area (Å²) >= 11 is 0. The Morgan fingerprint density at radius 2 is 2.35 bits per heavy atom. The summed E-state index contributed by atoms with van der Waals surface area (Å²) in [6.07, 6.45) is 0.654. The topological polar surface area (TPSA) is 75.2 Å². The van der Waals surface area contributed by atoms with Crippen LogP contribution in [-0.4, -0.2) is 34.3 Å². The van der Waals surface area contributed by atoms with Crippen molar-refractivity contribution in [2.24, 2.45) is 0 Å². The number of carbonyl (C=O) groups is 1.